The SMILES string of the molecule is O=C(NC1CC1)[C@@H](c1ccc(F)cc1)N1CCN(Cc2ccco2)CC1. The van der Waals surface area contributed by atoms with E-state index in [0.29, 0.717) is 6.04 Å². The first kappa shape index (κ1) is 17.2. The van der Waals surface area contributed by atoms with E-state index in [1.165, 1.54) is 12.1 Å². The molecule has 6 heteroatoms. The lowest BCUT2D eigenvalue weighted by Crippen LogP contribution is -2.50. The zero-order chi connectivity index (χ0) is 17.9. The number of carbonyl (C=O) groups excluding carboxylic acids is 1. The van der Waals surface area contributed by atoms with Crippen molar-refractivity contribution in [3.63, 3.8) is 0 Å². The quantitative estimate of drug-likeness (QED) is 0.863. The second kappa shape index (κ2) is 7.60. The molecule has 1 aliphatic heterocycles. The summed E-state index contributed by atoms with van der Waals surface area (Å²) in [7, 11) is 0. The predicted molar refractivity (Wildman–Crippen MR) is 95.9 cm³/mol. The van der Waals surface area contributed by atoms with E-state index < -0.39 is 0 Å². The van der Waals surface area contributed by atoms with Crippen LogP contribution in [0.15, 0.2) is 47.1 Å². The Balaban J connectivity index is 1.43. The standard InChI is InChI=1S/C20H24FN3O2/c21-16-5-3-15(4-6-16)19(20(25)22-17-7-8-17)24-11-9-23(10-12-24)14-18-2-1-13-26-18/h1-6,13,17,19H,7-12,14H2,(H,22,25)/t19-/m1/s1. The molecule has 26 heavy (non-hydrogen) atoms. The molecule has 2 aliphatic rings. The van der Waals surface area contributed by atoms with E-state index in [1.54, 1.807) is 18.4 Å². The summed E-state index contributed by atoms with van der Waals surface area (Å²) < 4.78 is 18.7. The Hall–Kier alpha value is -2.18. The van der Waals surface area contributed by atoms with Crippen LogP contribution in [0.4, 0.5) is 4.39 Å². The average Bonchev–Trinajstić information content (AvgIpc) is 3.31. The van der Waals surface area contributed by atoms with Gasteiger partial charge in [0, 0.05) is 32.2 Å². The molecule has 1 aromatic heterocycles. The Morgan fingerprint density at radius 2 is 1.88 bits per heavy atom. The number of amides is 1. The fraction of sp³-hybridized carbons (Fsp3) is 0.450. The maximum absolute atomic E-state index is 13.3. The summed E-state index contributed by atoms with van der Waals surface area (Å²) in [5, 5.41) is 3.11. The molecule has 0 radical (unpaired) electrons. The van der Waals surface area contributed by atoms with E-state index in [4.69, 9.17) is 4.42 Å². The van der Waals surface area contributed by atoms with Crippen molar-refractivity contribution in [2.45, 2.75) is 31.5 Å². The van der Waals surface area contributed by atoms with Gasteiger partial charge in [-0.05, 0) is 42.7 Å². The number of furan rings is 1. The van der Waals surface area contributed by atoms with Crippen LogP contribution in [0.3, 0.4) is 0 Å². The van der Waals surface area contributed by atoms with Gasteiger partial charge in [-0.3, -0.25) is 14.6 Å². The molecule has 0 bridgehead atoms. The normalized spacial score (nSPS) is 20.0. The Kier molecular flexibility index (Phi) is 5.04. The van der Waals surface area contributed by atoms with Gasteiger partial charge in [0.2, 0.25) is 5.91 Å². The first-order valence-corrected chi connectivity index (χ1v) is 9.24. The molecule has 1 amide bonds. The fourth-order valence-corrected chi connectivity index (χ4v) is 3.48. The highest BCUT2D eigenvalue weighted by Gasteiger charge is 2.33. The van der Waals surface area contributed by atoms with Crippen molar-refractivity contribution < 1.29 is 13.6 Å². The zero-order valence-electron chi connectivity index (χ0n) is 14.7. The van der Waals surface area contributed by atoms with Crippen LogP contribution in [0.25, 0.3) is 0 Å². The summed E-state index contributed by atoms with van der Waals surface area (Å²) in [5.41, 5.74) is 0.851. The molecule has 1 aromatic carbocycles. The Bertz CT molecular complexity index is 720. The molecule has 0 spiro atoms. The van der Waals surface area contributed by atoms with Crippen molar-refractivity contribution >= 4 is 5.91 Å². The van der Waals surface area contributed by atoms with Crippen molar-refractivity contribution in [1.29, 1.82) is 0 Å². The Labute approximate surface area is 152 Å². The first-order valence-electron chi connectivity index (χ1n) is 9.24. The van der Waals surface area contributed by atoms with Crippen LogP contribution in [-0.4, -0.2) is 47.9 Å². The number of rotatable bonds is 6. The fourth-order valence-electron chi connectivity index (χ4n) is 3.48. The minimum atomic E-state index is -0.359. The maximum atomic E-state index is 13.3. The Morgan fingerprint density at radius 1 is 1.15 bits per heavy atom. The summed E-state index contributed by atoms with van der Waals surface area (Å²) in [6, 6.07) is 10.1. The number of halogens is 1. The lowest BCUT2D eigenvalue weighted by Gasteiger charge is -2.38. The second-order valence-electron chi connectivity index (χ2n) is 7.13. The molecule has 2 heterocycles. The number of nitrogens with zero attached hydrogens (tertiary/aromatic N) is 2. The molecule has 2 fully saturated rings. The van der Waals surface area contributed by atoms with Gasteiger partial charge in [0.05, 0.1) is 12.8 Å². The van der Waals surface area contributed by atoms with Crippen LogP contribution < -0.4 is 5.32 Å². The number of hydrogen-bond acceptors (Lipinski definition) is 4. The van der Waals surface area contributed by atoms with Crippen molar-refractivity contribution in [2.75, 3.05) is 26.2 Å². The van der Waals surface area contributed by atoms with Crippen molar-refractivity contribution in [1.82, 2.24) is 15.1 Å². The molecule has 4 rings (SSSR count). The van der Waals surface area contributed by atoms with Gasteiger partial charge < -0.3 is 9.73 Å². The lowest BCUT2D eigenvalue weighted by atomic mass is 10.0. The van der Waals surface area contributed by atoms with E-state index in [9.17, 15) is 9.18 Å². The van der Waals surface area contributed by atoms with Gasteiger partial charge >= 0.3 is 0 Å². The van der Waals surface area contributed by atoms with Gasteiger partial charge in [0.25, 0.3) is 0 Å². The molecule has 1 atom stereocenters. The van der Waals surface area contributed by atoms with Gasteiger partial charge in [0.15, 0.2) is 0 Å². The van der Waals surface area contributed by atoms with Crippen molar-refractivity contribution in [2.24, 2.45) is 0 Å². The smallest absolute Gasteiger partial charge is 0.242 e. The molecule has 0 unspecified atom stereocenters. The van der Waals surface area contributed by atoms with Crippen molar-refractivity contribution in [3.8, 4) is 0 Å². The molecular weight excluding hydrogens is 333 g/mol. The molecule has 1 aliphatic carbocycles. The zero-order valence-corrected chi connectivity index (χ0v) is 14.7. The lowest BCUT2D eigenvalue weighted by molar-refractivity contribution is -0.127. The van der Waals surface area contributed by atoms with E-state index in [2.05, 4.69) is 15.1 Å². The summed E-state index contributed by atoms with van der Waals surface area (Å²) in [6.45, 7) is 4.11. The van der Waals surface area contributed by atoms with Crippen LogP contribution in [-0.2, 0) is 11.3 Å². The van der Waals surface area contributed by atoms with Gasteiger partial charge in [0.1, 0.15) is 17.6 Å². The number of nitrogens with one attached hydrogen (secondary N) is 1. The summed E-state index contributed by atoms with van der Waals surface area (Å²) in [5.74, 6) is 0.706. The molecule has 1 N–H and O–H groups in total. The largest absolute Gasteiger partial charge is 0.468 e. The summed E-state index contributed by atoms with van der Waals surface area (Å²) >= 11 is 0. The predicted octanol–water partition coefficient (Wildman–Crippen LogP) is 2.56. The summed E-state index contributed by atoms with van der Waals surface area (Å²) in [6.07, 6.45) is 3.80. The number of carbonyl (C=O) groups is 1. The third-order valence-corrected chi connectivity index (χ3v) is 5.09. The third-order valence-electron chi connectivity index (χ3n) is 5.09. The van der Waals surface area contributed by atoms with Crippen LogP contribution >= 0.6 is 0 Å². The van der Waals surface area contributed by atoms with Gasteiger partial charge in [-0.1, -0.05) is 12.1 Å². The second-order valence-corrected chi connectivity index (χ2v) is 7.13. The molecule has 5 nitrogen and oxygen atoms in total. The number of hydrogen-bond donors (Lipinski definition) is 1. The maximum Gasteiger partial charge on any atom is 0.242 e. The monoisotopic (exact) mass is 357 g/mol. The van der Waals surface area contributed by atoms with Crippen molar-refractivity contribution in [3.05, 3.63) is 59.8 Å². The first-order chi connectivity index (χ1) is 12.7. The molecule has 138 valence electrons. The van der Waals surface area contributed by atoms with Gasteiger partial charge in [-0.2, -0.15) is 0 Å². The van der Waals surface area contributed by atoms with Crippen LogP contribution in [0.5, 0.6) is 0 Å². The van der Waals surface area contributed by atoms with E-state index in [-0.39, 0.29) is 17.8 Å². The highest BCUT2D eigenvalue weighted by atomic mass is 19.1. The number of benzene rings is 1. The van der Waals surface area contributed by atoms with E-state index >= 15 is 0 Å². The highest BCUT2D eigenvalue weighted by molar-refractivity contribution is 5.83. The molecule has 1 saturated carbocycles. The highest BCUT2D eigenvalue weighted by Crippen LogP contribution is 2.26. The summed E-state index contributed by atoms with van der Waals surface area (Å²) in [4.78, 5) is 17.4. The van der Waals surface area contributed by atoms with Crippen LogP contribution in [0.1, 0.15) is 30.2 Å². The minimum Gasteiger partial charge on any atom is -0.468 e. The van der Waals surface area contributed by atoms with Gasteiger partial charge in [-0.25, -0.2) is 4.39 Å². The molecule has 1 saturated heterocycles. The van der Waals surface area contributed by atoms with Gasteiger partial charge in [-0.15, -0.1) is 0 Å². The Morgan fingerprint density at radius 3 is 2.50 bits per heavy atom. The van der Waals surface area contributed by atoms with E-state index in [0.717, 1.165) is 56.9 Å². The van der Waals surface area contributed by atoms with Crippen LogP contribution in [0.2, 0.25) is 0 Å². The van der Waals surface area contributed by atoms with E-state index in [1.807, 2.05) is 12.1 Å². The third kappa shape index (κ3) is 4.14. The number of piperazine rings is 1. The topological polar surface area (TPSA) is 48.7 Å². The average molecular weight is 357 g/mol. The van der Waals surface area contributed by atoms with Crippen LogP contribution in [0, 0.1) is 5.82 Å². The molecule has 2 aromatic rings. The minimum absolute atomic E-state index is 0.0265. The molecular formula is C20H24FN3O2.